The number of rotatable bonds is 9. The van der Waals surface area contributed by atoms with E-state index in [9.17, 15) is 26.0 Å². The van der Waals surface area contributed by atoms with Crippen molar-refractivity contribution in [1.29, 1.82) is 0 Å². The first kappa shape index (κ1) is 25.5. The van der Waals surface area contributed by atoms with Crippen LogP contribution in [0.2, 0.25) is 0 Å². The minimum Gasteiger partial charge on any atom is -0.344 e. The highest BCUT2D eigenvalue weighted by atomic mass is 32.2. The van der Waals surface area contributed by atoms with Gasteiger partial charge in [-0.05, 0) is 48.7 Å². The first-order valence-corrected chi connectivity index (χ1v) is 11.7. The Kier molecular flexibility index (Phi) is 8.15. The molecule has 0 fully saturated rings. The van der Waals surface area contributed by atoms with Gasteiger partial charge in [0.25, 0.3) is 0 Å². The Bertz CT molecular complexity index is 1070. The highest BCUT2D eigenvalue weighted by Gasteiger charge is 2.42. The summed E-state index contributed by atoms with van der Waals surface area (Å²) in [5, 5.41) is 3.11. The van der Waals surface area contributed by atoms with Crippen LogP contribution in [-0.4, -0.2) is 38.5 Å². The van der Waals surface area contributed by atoms with Gasteiger partial charge in [0.15, 0.2) is 0 Å². The van der Waals surface area contributed by atoms with Crippen molar-refractivity contribution in [3.63, 3.8) is 0 Å². The Morgan fingerprint density at radius 2 is 2.00 bits per heavy atom. The fourth-order valence-corrected chi connectivity index (χ4v) is 3.95. The van der Waals surface area contributed by atoms with Crippen LogP contribution in [0.25, 0.3) is 0 Å². The number of nitrogens with zero attached hydrogens (tertiary/aromatic N) is 1. The van der Waals surface area contributed by atoms with Gasteiger partial charge in [-0.1, -0.05) is 25.0 Å². The molecular weight excluding hydrogens is 446 g/mol. The standard InChI is InChI=1S/C22H25F4N3O2S/c1-5-8-17-9-10-19(22(24,25)26)29(21(17)27-11-6-2)14-15-12-16(7-3)20(18(23)13-15)28-32(4,30)31/h3,5,9-10,12-13,21,27-28H,1,6,8,11,14H2,2,4H3. The molecule has 0 saturated heterocycles. The quantitative estimate of drug-likeness (QED) is 0.321. The molecule has 5 nitrogen and oxygen atoms in total. The van der Waals surface area contributed by atoms with E-state index in [2.05, 4.69) is 17.8 Å². The van der Waals surface area contributed by atoms with E-state index in [4.69, 9.17) is 6.42 Å². The molecule has 174 valence electrons. The molecule has 1 heterocycles. The number of terminal acetylenes is 1. The lowest BCUT2D eigenvalue weighted by molar-refractivity contribution is -0.116. The monoisotopic (exact) mass is 471 g/mol. The summed E-state index contributed by atoms with van der Waals surface area (Å²) in [5.41, 5.74) is -0.584. The normalized spacial score (nSPS) is 16.8. The topological polar surface area (TPSA) is 61.4 Å². The van der Waals surface area contributed by atoms with E-state index in [1.165, 1.54) is 12.1 Å². The van der Waals surface area contributed by atoms with Gasteiger partial charge in [-0.2, -0.15) is 13.2 Å². The third-order valence-electron chi connectivity index (χ3n) is 4.63. The van der Waals surface area contributed by atoms with Crippen molar-refractivity contribution < 1.29 is 26.0 Å². The number of benzene rings is 1. The SMILES string of the molecule is C#Cc1cc(CN2C(C(F)(F)F)=CC=C(CC=C)C2NCCC)cc(F)c1NS(C)(=O)=O. The first-order chi connectivity index (χ1) is 14.9. The molecule has 0 aromatic heterocycles. The molecule has 32 heavy (non-hydrogen) atoms. The molecule has 1 aromatic rings. The zero-order valence-corrected chi connectivity index (χ0v) is 18.6. The molecule has 0 spiro atoms. The predicted molar refractivity (Wildman–Crippen MR) is 117 cm³/mol. The molecule has 0 aliphatic carbocycles. The van der Waals surface area contributed by atoms with E-state index in [-0.39, 0.29) is 17.7 Å². The highest BCUT2D eigenvalue weighted by Crippen LogP contribution is 2.36. The zero-order valence-electron chi connectivity index (χ0n) is 17.8. The molecule has 2 N–H and O–H groups in total. The minimum absolute atomic E-state index is 0.111. The Balaban J connectivity index is 2.53. The second-order valence-electron chi connectivity index (χ2n) is 7.29. The van der Waals surface area contributed by atoms with Gasteiger partial charge in [-0.3, -0.25) is 10.0 Å². The summed E-state index contributed by atoms with van der Waals surface area (Å²) in [6.07, 6.45) is 5.86. The van der Waals surface area contributed by atoms with Crippen molar-refractivity contribution in [2.24, 2.45) is 0 Å². The van der Waals surface area contributed by atoms with Gasteiger partial charge in [0, 0.05) is 6.54 Å². The summed E-state index contributed by atoms with van der Waals surface area (Å²) in [4.78, 5) is 1.10. The van der Waals surface area contributed by atoms with Gasteiger partial charge in [0.05, 0.1) is 17.5 Å². The van der Waals surface area contributed by atoms with E-state index in [1.54, 1.807) is 6.08 Å². The van der Waals surface area contributed by atoms with Crippen molar-refractivity contribution in [3.8, 4) is 12.3 Å². The van der Waals surface area contributed by atoms with Crippen molar-refractivity contribution in [2.45, 2.75) is 38.7 Å². The second kappa shape index (κ2) is 10.2. The third kappa shape index (κ3) is 6.37. The smallest absolute Gasteiger partial charge is 0.344 e. The Hall–Kier alpha value is -2.77. The van der Waals surface area contributed by atoms with Crippen LogP contribution in [0, 0.1) is 18.2 Å². The van der Waals surface area contributed by atoms with E-state index < -0.39 is 39.6 Å². The van der Waals surface area contributed by atoms with Crippen LogP contribution < -0.4 is 10.0 Å². The number of hydrogen-bond donors (Lipinski definition) is 2. The third-order valence-corrected chi connectivity index (χ3v) is 5.21. The second-order valence-corrected chi connectivity index (χ2v) is 9.04. The average Bonchev–Trinajstić information content (AvgIpc) is 2.67. The van der Waals surface area contributed by atoms with Crippen LogP contribution in [0.5, 0.6) is 0 Å². The number of nitrogens with one attached hydrogen (secondary N) is 2. The van der Waals surface area contributed by atoms with Gasteiger partial charge < -0.3 is 4.90 Å². The van der Waals surface area contributed by atoms with Crippen LogP contribution in [0.15, 0.2) is 48.2 Å². The molecular formula is C22H25F4N3O2S. The lowest BCUT2D eigenvalue weighted by Gasteiger charge is -2.40. The maximum atomic E-state index is 14.7. The number of halogens is 4. The molecule has 1 aliphatic rings. The van der Waals surface area contributed by atoms with Gasteiger partial charge in [-0.15, -0.1) is 13.0 Å². The average molecular weight is 472 g/mol. The fraction of sp³-hybridized carbons (Fsp3) is 0.364. The molecule has 1 unspecified atom stereocenters. The number of allylic oxidation sites excluding steroid dienone is 4. The summed E-state index contributed by atoms with van der Waals surface area (Å²) in [6.45, 7) is 5.70. The first-order valence-electron chi connectivity index (χ1n) is 9.77. The minimum atomic E-state index is -4.65. The molecule has 2 rings (SSSR count). The fourth-order valence-electron chi connectivity index (χ4n) is 3.37. The lowest BCUT2D eigenvalue weighted by Crippen LogP contribution is -2.50. The maximum Gasteiger partial charge on any atom is 0.431 e. The number of sulfonamides is 1. The molecule has 1 aliphatic heterocycles. The largest absolute Gasteiger partial charge is 0.431 e. The molecule has 0 radical (unpaired) electrons. The molecule has 0 bridgehead atoms. The molecule has 1 atom stereocenters. The molecule has 1 aromatic carbocycles. The Labute approximate surface area is 185 Å². The Morgan fingerprint density at radius 1 is 1.31 bits per heavy atom. The van der Waals surface area contributed by atoms with Crippen LogP contribution in [0.4, 0.5) is 23.2 Å². The van der Waals surface area contributed by atoms with E-state index in [0.717, 1.165) is 23.3 Å². The molecule has 0 saturated carbocycles. The van der Waals surface area contributed by atoms with Gasteiger partial charge in [0.1, 0.15) is 17.7 Å². The zero-order chi connectivity index (χ0) is 24.1. The highest BCUT2D eigenvalue weighted by molar-refractivity contribution is 7.92. The van der Waals surface area contributed by atoms with E-state index >= 15 is 0 Å². The van der Waals surface area contributed by atoms with Crippen molar-refractivity contribution >= 4 is 15.7 Å². The van der Waals surface area contributed by atoms with Crippen LogP contribution in [0.3, 0.4) is 0 Å². The maximum absolute atomic E-state index is 14.7. The summed E-state index contributed by atoms with van der Waals surface area (Å²) < 4.78 is 81.1. The van der Waals surface area contributed by atoms with Crippen molar-refractivity contribution in [2.75, 3.05) is 17.5 Å². The summed E-state index contributed by atoms with van der Waals surface area (Å²) >= 11 is 0. The number of anilines is 1. The number of hydrogen-bond acceptors (Lipinski definition) is 4. The van der Waals surface area contributed by atoms with Gasteiger partial charge in [-0.25, -0.2) is 12.8 Å². The van der Waals surface area contributed by atoms with Crippen LogP contribution in [0.1, 0.15) is 30.9 Å². The summed E-state index contributed by atoms with van der Waals surface area (Å²) in [5.74, 6) is 1.21. The van der Waals surface area contributed by atoms with Crippen LogP contribution >= 0.6 is 0 Å². The molecule has 10 heteroatoms. The lowest BCUT2D eigenvalue weighted by atomic mass is 10.0. The Morgan fingerprint density at radius 3 is 2.53 bits per heavy atom. The van der Waals surface area contributed by atoms with Gasteiger partial charge in [0.2, 0.25) is 10.0 Å². The van der Waals surface area contributed by atoms with Crippen molar-refractivity contribution in [3.05, 3.63) is 65.2 Å². The number of alkyl halides is 3. The van der Waals surface area contributed by atoms with Crippen LogP contribution in [-0.2, 0) is 16.6 Å². The summed E-state index contributed by atoms with van der Waals surface area (Å²) in [6, 6.07) is 2.28. The molecule has 0 amide bonds. The van der Waals surface area contributed by atoms with Gasteiger partial charge >= 0.3 is 6.18 Å². The van der Waals surface area contributed by atoms with Crippen molar-refractivity contribution in [1.82, 2.24) is 10.2 Å². The summed E-state index contributed by atoms with van der Waals surface area (Å²) in [7, 11) is -3.81. The van der Waals surface area contributed by atoms with E-state index in [1.807, 2.05) is 11.6 Å². The van der Waals surface area contributed by atoms with E-state index in [0.29, 0.717) is 25.0 Å². The predicted octanol–water partition coefficient (Wildman–Crippen LogP) is 4.27.